The van der Waals surface area contributed by atoms with Crippen LogP contribution in [0.2, 0.25) is 0 Å². The van der Waals surface area contributed by atoms with E-state index in [0.717, 1.165) is 26.0 Å². The van der Waals surface area contributed by atoms with Crippen LogP contribution in [0, 0.1) is 0 Å². The predicted octanol–water partition coefficient (Wildman–Crippen LogP) is 2.91. The van der Waals surface area contributed by atoms with E-state index in [1.165, 1.54) is 5.56 Å². The van der Waals surface area contributed by atoms with Crippen molar-refractivity contribution >= 4 is 0 Å². The van der Waals surface area contributed by atoms with Crippen molar-refractivity contribution in [2.24, 2.45) is 0 Å². The molecule has 2 atom stereocenters. The van der Waals surface area contributed by atoms with Crippen molar-refractivity contribution in [3.8, 4) is 0 Å². The van der Waals surface area contributed by atoms with Gasteiger partial charge >= 0.3 is 0 Å². The molecule has 0 saturated carbocycles. The van der Waals surface area contributed by atoms with Crippen LogP contribution in [0.25, 0.3) is 0 Å². The molecule has 1 aliphatic rings. The lowest BCUT2D eigenvalue weighted by atomic mass is 9.95. The van der Waals surface area contributed by atoms with Gasteiger partial charge < -0.3 is 10.1 Å². The van der Waals surface area contributed by atoms with Gasteiger partial charge in [0.25, 0.3) is 0 Å². The van der Waals surface area contributed by atoms with Crippen molar-refractivity contribution in [1.29, 1.82) is 0 Å². The molecule has 0 radical (unpaired) electrons. The Labute approximate surface area is 98.0 Å². The van der Waals surface area contributed by atoms with Crippen LogP contribution in [0.3, 0.4) is 0 Å². The van der Waals surface area contributed by atoms with E-state index in [1.807, 2.05) is 6.07 Å². The van der Waals surface area contributed by atoms with Crippen molar-refractivity contribution in [2.75, 3.05) is 13.2 Å². The van der Waals surface area contributed by atoms with Crippen LogP contribution in [0.5, 0.6) is 0 Å². The number of nitrogens with one attached hydrogen (secondary N) is 1. The zero-order valence-electron chi connectivity index (χ0n) is 10.2. The average molecular weight is 219 g/mol. The summed E-state index contributed by atoms with van der Waals surface area (Å²) in [6.45, 7) is 6.27. The molecule has 0 aromatic heterocycles. The van der Waals surface area contributed by atoms with Gasteiger partial charge in [0, 0.05) is 18.7 Å². The first-order valence-corrected chi connectivity index (χ1v) is 6.15. The molecule has 1 fully saturated rings. The molecule has 16 heavy (non-hydrogen) atoms. The number of benzene rings is 1. The minimum atomic E-state index is 0.203. The Balaban J connectivity index is 2.05. The molecule has 1 N–H and O–H groups in total. The van der Waals surface area contributed by atoms with Crippen LogP contribution in [-0.4, -0.2) is 18.7 Å². The normalized spacial score (nSPS) is 31.0. The van der Waals surface area contributed by atoms with Gasteiger partial charge in [-0.2, -0.15) is 0 Å². The first kappa shape index (κ1) is 11.6. The summed E-state index contributed by atoms with van der Waals surface area (Å²) >= 11 is 0. The molecule has 1 aromatic rings. The Bertz CT molecular complexity index is 325. The quantitative estimate of drug-likeness (QED) is 0.825. The third-order valence-corrected chi connectivity index (χ3v) is 3.64. The van der Waals surface area contributed by atoms with Crippen LogP contribution >= 0.6 is 0 Å². The van der Waals surface area contributed by atoms with Crippen molar-refractivity contribution in [2.45, 2.75) is 38.3 Å². The van der Waals surface area contributed by atoms with E-state index in [2.05, 4.69) is 43.4 Å². The van der Waals surface area contributed by atoms with E-state index in [0.29, 0.717) is 0 Å². The van der Waals surface area contributed by atoms with Gasteiger partial charge in [-0.1, -0.05) is 37.3 Å². The Hall–Kier alpha value is -0.860. The van der Waals surface area contributed by atoms with E-state index in [9.17, 15) is 0 Å². The van der Waals surface area contributed by atoms with E-state index in [-0.39, 0.29) is 11.6 Å². The van der Waals surface area contributed by atoms with Crippen molar-refractivity contribution in [3.05, 3.63) is 35.9 Å². The zero-order valence-corrected chi connectivity index (χ0v) is 10.2. The fraction of sp³-hybridized carbons (Fsp3) is 0.571. The lowest BCUT2D eigenvalue weighted by molar-refractivity contribution is 0.0653. The minimum Gasteiger partial charge on any atom is -0.372 e. The van der Waals surface area contributed by atoms with E-state index in [4.69, 9.17) is 4.74 Å². The third-order valence-electron chi connectivity index (χ3n) is 3.64. The van der Waals surface area contributed by atoms with Gasteiger partial charge in [-0.15, -0.1) is 0 Å². The maximum atomic E-state index is 5.92. The molecule has 1 aromatic carbocycles. The Kier molecular flexibility index (Phi) is 3.62. The molecular weight excluding hydrogens is 198 g/mol. The van der Waals surface area contributed by atoms with Gasteiger partial charge in [0.1, 0.15) is 0 Å². The molecule has 0 amide bonds. The van der Waals surface area contributed by atoms with Gasteiger partial charge in [-0.05, 0) is 25.3 Å². The van der Waals surface area contributed by atoms with Gasteiger partial charge in [0.2, 0.25) is 0 Å². The molecule has 1 heterocycles. The highest BCUT2D eigenvalue weighted by molar-refractivity contribution is 5.18. The molecule has 0 aliphatic carbocycles. The maximum absolute atomic E-state index is 5.92. The van der Waals surface area contributed by atoms with Crippen LogP contribution in [0.1, 0.15) is 38.4 Å². The lowest BCUT2D eigenvalue weighted by Crippen LogP contribution is -2.42. The summed E-state index contributed by atoms with van der Waals surface area (Å²) < 4.78 is 5.92. The molecule has 1 aliphatic heterocycles. The maximum Gasteiger partial charge on any atom is 0.0949 e. The lowest BCUT2D eigenvalue weighted by Gasteiger charge is -2.27. The summed E-state index contributed by atoms with van der Waals surface area (Å²) in [5.41, 5.74) is 1.51. The Morgan fingerprint density at radius 1 is 1.38 bits per heavy atom. The second-order valence-electron chi connectivity index (χ2n) is 4.82. The van der Waals surface area contributed by atoms with E-state index >= 15 is 0 Å². The monoisotopic (exact) mass is 219 g/mol. The molecular formula is C14H21NO. The molecule has 2 unspecified atom stereocenters. The highest BCUT2D eigenvalue weighted by Crippen LogP contribution is 2.24. The number of hydrogen-bond donors (Lipinski definition) is 1. The molecule has 2 rings (SSSR count). The summed E-state index contributed by atoms with van der Waals surface area (Å²) in [5.74, 6) is 0. The van der Waals surface area contributed by atoms with Gasteiger partial charge in [0.05, 0.1) is 6.10 Å². The SMILES string of the molecule is CCC1(C)CCOC(c2ccccc2)CN1. The van der Waals surface area contributed by atoms with Crippen LogP contribution in [0.4, 0.5) is 0 Å². The highest BCUT2D eigenvalue weighted by Gasteiger charge is 2.27. The summed E-state index contributed by atoms with van der Waals surface area (Å²) in [4.78, 5) is 0. The minimum absolute atomic E-state index is 0.203. The Morgan fingerprint density at radius 2 is 2.12 bits per heavy atom. The molecule has 1 saturated heterocycles. The topological polar surface area (TPSA) is 21.3 Å². The molecule has 2 heteroatoms. The van der Waals surface area contributed by atoms with E-state index in [1.54, 1.807) is 0 Å². The Morgan fingerprint density at radius 3 is 2.81 bits per heavy atom. The molecule has 0 bridgehead atoms. The number of rotatable bonds is 2. The van der Waals surface area contributed by atoms with Crippen LogP contribution in [0.15, 0.2) is 30.3 Å². The van der Waals surface area contributed by atoms with Crippen LogP contribution in [-0.2, 0) is 4.74 Å². The second kappa shape index (κ2) is 4.98. The molecule has 2 nitrogen and oxygen atoms in total. The van der Waals surface area contributed by atoms with Gasteiger partial charge in [-0.3, -0.25) is 0 Å². The summed E-state index contributed by atoms with van der Waals surface area (Å²) in [7, 11) is 0. The van der Waals surface area contributed by atoms with Gasteiger partial charge in [0.15, 0.2) is 0 Å². The summed E-state index contributed by atoms with van der Waals surface area (Å²) in [6, 6.07) is 10.5. The number of ether oxygens (including phenoxy) is 1. The standard InChI is InChI=1S/C14H21NO/c1-3-14(2)9-10-16-13(11-15-14)12-7-5-4-6-8-12/h4-8,13,15H,3,9-11H2,1-2H3. The molecule has 88 valence electrons. The van der Waals surface area contributed by atoms with Crippen LogP contribution < -0.4 is 5.32 Å². The average Bonchev–Trinajstić information content (AvgIpc) is 2.53. The third kappa shape index (κ3) is 2.63. The molecule has 0 spiro atoms. The highest BCUT2D eigenvalue weighted by atomic mass is 16.5. The number of hydrogen-bond acceptors (Lipinski definition) is 2. The summed E-state index contributed by atoms with van der Waals surface area (Å²) in [6.07, 6.45) is 2.44. The van der Waals surface area contributed by atoms with Gasteiger partial charge in [-0.25, -0.2) is 0 Å². The zero-order chi connectivity index (χ0) is 11.4. The fourth-order valence-corrected chi connectivity index (χ4v) is 2.10. The first-order valence-electron chi connectivity index (χ1n) is 6.15. The smallest absolute Gasteiger partial charge is 0.0949 e. The van der Waals surface area contributed by atoms with Crippen molar-refractivity contribution in [3.63, 3.8) is 0 Å². The van der Waals surface area contributed by atoms with E-state index < -0.39 is 0 Å². The second-order valence-corrected chi connectivity index (χ2v) is 4.82. The van der Waals surface area contributed by atoms with Crippen molar-refractivity contribution < 1.29 is 4.74 Å². The summed E-state index contributed by atoms with van der Waals surface area (Å²) in [5, 5.41) is 3.63. The largest absolute Gasteiger partial charge is 0.372 e. The van der Waals surface area contributed by atoms with Crippen molar-refractivity contribution in [1.82, 2.24) is 5.32 Å². The fourth-order valence-electron chi connectivity index (χ4n) is 2.10. The predicted molar refractivity (Wildman–Crippen MR) is 66.5 cm³/mol. The first-order chi connectivity index (χ1) is 7.73.